The van der Waals surface area contributed by atoms with E-state index in [1.54, 1.807) is 24.3 Å². The third-order valence-corrected chi connectivity index (χ3v) is 3.24. The van der Waals surface area contributed by atoms with Gasteiger partial charge in [-0.2, -0.15) is 0 Å². The van der Waals surface area contributed by atoms with Crippen LogP contribution in [0.4, 0.5) is 5.82 Å². The molecule has 1 heterocycles. The summed E-state index contributed by atoms with van der Waals surface area (Å²) in [5.41, 5.74) is 6.61. The molecule has 18 heavy (non-hydrogen) atoms. The van der Waals surface area contributed by atoms with Crippen molar-refractivity contribution in [3.63, 3.8) is 0 Å². The number of aliphatic hydroxyl groups is 1. The average molecular weight is 304 g/mol. The van der Waals surface area contributed by atoms with Gasteiger partial charge in [0.1, 0.15) is 11.9 Å². The number of anilines is 1. The van der Waals surface area contributed by atoms with E-state index in [4.69, 9.17) is 40.5 Å². The highest BCUT2D eigenvalue weighted by atomic mass is 35.5. The molecule has 2 aromatic rings. The predicted molar refractivity (Wildman–Crippen MR) is 74.2 cm³/mol. The molecular weight excluding hydrogens is 295 g/mol. The van der Waals surface area contributed by atoms with Crippen molar-refractivity contribution in [1.82, 2.24) is 4.98 Å². The molecule has 3 N–H and O–H groups in total. The summed E-state index contributed by atoms with van der Waals surface area (Å²) in [7, 11) is 0. The average Bonchev–Trinajstić information content (AvgIpc) is 2.31. The first-order valence-electron chi connectivity index (χ1n) is 5.03. The second-order valence-electron chi connectivity index (χ2n) is 3.70. The molecular formula is C12H9Cl3N2O. The molecule has 3 nitrogen and oxygen atoms in total. The molecule has 94 valence electrons. The zero-order valence-corrected chi connectivity index (χ0v) is 11.3. The van der Waals surface area contributed by atoms with Crippen molar-refractivity contribution in [3.05, 3.63) is 56.7 Å². The van der Waals surface area contributed by atoms with Crippen LogP contribution in [0.3, 0.4) is 0 Å². The van der Waals surface area contributed by atoms with Gasteiger partial charge in [-0.1, -0.05) is 40.9 Å². The van der Waals surface area contributed by atoms with E-state index in [1.807, 2.05) is 0 Å². The number of aromatic nitrogens is 1. The molecule has 2 rings (SSSR count). The fourth-order valence-corrected chi connectivity index (χ4v) is 2.25. The molecule has 1 atom stereocenters. The number of halogens is 3. The van der Waals surface area contributed by atoms with Gasteiger partial charge in [0.25, 0.3) is 0 Å². The summed E-state index contributed by atoms with van der Waals surface area (Å²) in [5.74, 6) is 0.206. The van der Waals surface area contributed by atoms with E-state index in [-0.39, 0.29) is 5.82 Å². The van der Waals surface area contributed by atoms with Crippen LogP contribution in [0, 0.1) is 0 Å². The van der Waals surface area contributed by atoms with Crippen LogP contribution >= 0.6 is 34.8 Å². The summed E-state index contributed by atoms with van der Waals surface area (Å²) < 4.78 is 0. The lowest BCUT2D eigenvalue weighted by molar-refractivity contribution is 0.221. The Labute approximate surface area is 119 Å². The van der Waals surface area contributed by atoms with Gasteiger partial charge in [-0.3, -0.25) is 0 Å². The minimum absolute atomic E-state index is 0.206. The summed E-state index contributed by atoms with van der Waals surface area (Å²) in [6.07, 6.45) is 0.414. The number of nitrogen functional groups attached to an aromatic ring is 1. The van der Waals surface area contributed by atoms with Crippen molar-refractivity contribution in [3.8, 4) is 0 Å². The molecule has 0 saturated carbocycles. The third kappa shape index (κ3) is 2.70. The number of hydrogen-bond acceptors (Lipinski definition) is 3. The lowest BCUT2D eigenvalue weighted by Gasteiger charge is -2.15. The largest absolute Gasteiger partial charge is 0.383 e. The van der Waals surface area contributed by atoms with Gasteiger partial charge in [0.05, 0.1) is 5.02 Å². The van der Waals surface area contributed by atoms with E-state index in [0.29, 0.717) is 26.2 Å². The Morgan fingerprint density at radius 1 is 1.06 bits per heavy atom. The zero-order chi connectivity index (χ0) is 13.3. The summed E-state index contributed by atoms with van der Waals surface area (Å²) in [6, 6.07) is 6.38. The number of aliphatic hydroxyl groups excluding tert-OH is 1. The molecule has 0 saturated heterocycles. The molecule has 1 aromatic heterocycles. The molecule has 1 unspecified atom stereocenters. The minimum Gasteiger partial charge on any atom is -0.383 e. The first-order valence-corrected chi connectivity index (χ1v) is 6.16. The van der Waals surface area contributed by atoms with E-state index < -0.39 is 6.10 Å². The highest BCUT2D eigenvalue weighted by Gasteiger charge is 2.17. The molecule has 0 fully saturated rings. The van der Waals surface area contributed by atoms with Gasteiger partial charge in [-0.05, 0) is 18.2 Å². The number of rotatable bonds is 2. The van der Waals surface area contributed by atoms with Crippen molar-refractivity contribution in [2.24, 2.45) is 0 Å². The molecule has 0 aliphatic carbocycles. The van der Waals surface area contributed by atoms with E-state index in [2.05, 4.69) is 4.98 Å². The maximum absolute atomic E-state index is 10.3. The van der Waals surface area contributed by atoms with Crippen LogP contribution in [0.2, 0.25) is 15.1 Å². The number of nitrogens with two attached hydrogens (primary N) is 1. The number of hydrogen-bond donors (Lipinski definition) is 2. The van der Waals surface area contributed by atoms with Gasteiger partial charge in [-0.15, -0.1) is 0 Å². The standard InChI is InChI=1S/C12H9Cl3N2O/c13-6-1-2-8(10(15)4-6)11(18)9-3-7(14)5-17-12(9)16/h1-5,11,18H,(H2,16,17). The van der Waals surface area contributed by atoms with Crippen molar-refractivity contribution in [1.29, 1.82) is 0 Å². The molecule has 0 bridgehead atoms. The van der Waals surface area contributed by atoms with Crippen molar-refractivity contribution in [2.45, 2.75) is 6.10 Å². The molecule has 0 aliphatic rings. The van der Waals surface area contributed by atoms with E-state index in [1.165, 1.54) is 6.20 Å². The van der Waals surface area contributed by atoms with Gasteiger partial charge in [0, 0.05) is 27.4 Å². The SMILES string of the molecule is Nc1ncc(Cl)cc1C(O)c1ccc(Cl)cc1Cl. The van der Waals surface area contributed by atoms with Gasteiger partial charge in [-0.25, -0.2) is 4.98 Å². The fourth-order valence-electron chi connectivity index (χ4n) is 1.58. The summed E-state index contributed by atoms with van der Waals surface area (Å²) in [5, 5.41) is 11.5. The van der Waals surface area contributed by atoms with E-state index in [9.17, 15) is 5.11 Å². The quantitative estimate of drug-likeness (QED) is 0.889. The number of nitrogens with zero attached hydrogens (tertiary/aromatic N) is 1. The molecule has 0 amide bonds. The maximum Gasteiger partial charge on any atom is 0.129 e. The minimum atomic E-state index is -0.999. The van der Waals surface area contributed by atoms with E-state index >= 15 is 0 Å². The third-order valence-electron chi connectivity index (χ3n) is 2.47. The predicted octanol–water partition coefficient (Wildman–Crippen LogP) is 3.71. The van der Waals surface area contributed by atoms with Gasteiger partial charge in [0.15, 0.2) is 0 Å². The highest BCUT2D eigenvalue weighted by Crippen LogP contribution is 2.33. The Balaban J connectivity index is 2.47. The summed E-state index contributed by atoms with van der Waals surface area (Å²) in [6.45, 7) is 0. The van der Waals surface area contributed by atoms with E-state index in [0.717, 1.165) is 0 Å². The second-order valence-corrected chi connectivity index (χ2v) is 4.98. The Hall–Kier alpha value is -1.000. The zero-order valence-electron chi connectivity index (χ0n) is 9.07. The van der Waals surface area contributed by atoms with Crippen LogP contribution in [0.25, 0.3) is 0 Å². The number of pyridine rings is 1. The van der Waals surface area contributed by atoms with Crippen LogP contribution < -0.4 is 5.73 Å². The van der Waals surface area contributed by atoms with Crippen LogP contribution in [0.15, 0.2) is 30.5 Å². The molecule has 1 aromatic carbocycles. The topological polar surface area (TPSA) is 59.1 Å². The van der Waals surface area contributed by atoms with Crippen molar-refractivity contribution >= 4 is 40.6 Å². The Kier molecular flexibility index (Phi) is 3.97. The van der Waals surface area contributed by atoms with Crippen LogP contribution in [-0.4, -0.2) is 10.1 Å². The van der Waals surface area contributed by atoms with Gasteiger partial charge in [0.2, 0.25) is 0 Å². The highest BCUT2D eigenvalue weighted by molar-refractivity contribution is 6.35. The molecule has 0 aliphatic heterocycles. The van der Waals surface area contributed by atoms with Gasteiger partial charge < -0.3 is 10.8 Å². The number of benzene rings is 1. The monoisotopic (exact) mass is 302 g/mol. The summed E-state index contributed by atoms with van der Waals surface area (Å²) >= 11 is 17.7. The first kappa shape index (κ1) is 13.4. The van der Waals surface area contributed by atoms with Crippen LogP contribution in [0.1, 0.15) is 17.2 Å². The molecule has 0 radical (unpaired) electrons. The first-order chi connectivity index (χ1) is 8.49. The van der Waals surface area contributed by atoms with Crippen molar-refractivity contribution < 1.29 is 5.11 Å². The van der Waals surface area contributed by atoms with Crippen LogP contribution in [-0.2, 0) is 0 Å². The maximum atomic E-state index is 10.3. The fraction of sp³-hybridized carbons (Fsp3) is 0.0833. The molecule has 0 spiro atoms. The van der Waals surface area contributed by atoms with Crippen LogP contribution in [0.5, 0.6) is 0 Å². The lowest BCUT2D eigenvalue weighted by Crippen LogP contribution is -2.06. The second kappa shape index (κ2) is 5.33. The Bertz CT molecular complexity index is 590. The van der Waals surface area contributed by atoms with Crippen molar-refractivity contribution in [2.75, 3.05) is 5.73 Å². The molecule has 6 heteroatoms. The van der Waals surface area contributed by atoms with Gasteiger partial charge >= 0.3 is 0 Å². The Morgan fingerprint density at radius 3 is 2.44 bits per heavy atom. The lowest BCUT2D eigenvalue weighted by atomic mass is 10.0. The normalized spacial score (nSPS) is 12.4. The smallest absolute Gasteiger partial charge is 0.129 e. The summed E-state index contributed by atoms with van der Waals surface area (Å²) in [4.78, 5) is 3.89. The Morgan fingerprint density at radius 2 is 1.78 bits per heavy atom.